The smallest absolute Gasteiger partial charge is 0.353 e. The first-order chi connectivity index (χ1) is 20.0. The molecule has 0 saturated carbocycles. The average Bonchev–Trinajstić information content (AvgIpc) is 3.34. The number of morpholine rings is 1. The first kappa shape index (κ1) is 26.5. The van der Waals surface area contributed by atoms with Crippen LogP contribution < -0.4 is 4.74 Å². The van der Waals surface area contributed by atoms with Gasteiger partial charge in [-0.3, -0.25) is 4.79 Å². The summed E-state index contributed by atoms with van der Waals surface area (Å²) < 4.78 is 28.1. The maximum Gasteiger partial charge on any atom is 0.353 e. The Morgan fingerprint density at radius 3 is 2.44 bits per heavy atom. The number of carbonyl (C=O) groups excluding carboxylic acids is 1. The lowest BCUT2D eigenvalue weighted by atomic mass is 9.99. The Morgan fingerprint density at radius 2 is 1.63 bits per heavy atom. The highest BCUT2D eigenvalue weighted by molar-refractivity contribution is 6.09. The van der Waals surface area contributed by atoms with Gasteiger partial charge in [0, 0.05) is 41.5 Å². The highest BCUT2D eigenvalue weighted by atomic mass is 19.1. The SMILES string of the molecule is O=C(O)c1c(-c2ccc(F)c(C(=O)N3CCOCC3)c2)c2ccccc2n1CCCOc1cccc2ccccc12. The predicted octanol–water partition coefficient (Wildman–Crippen LogP) is 6.24. The standard InChI is InChI=1S/C33H29FN2O5/c34-27-14-13-23(21-26(27)32(37)35-16-19-40-20-17-35)30-25-10-3-4-11-28(25)36(31(30)33(38)39)15-6-18-41-29-12-5-8-22-7-1-2-9-24(22)29/h1-5,7-14,21H,6,15-20H2,(H,38,39). The molecule has 41 heavy (non-hydrogen) atoms. The van der Waals surface area contributed by atoms with Gasteiger partial charge in [-0.15, -0.1) is 0 Å². The summed E-state index contributed by atoms with van der Waals surface area (Å²) in [6.07, 6.45) is 0.561. The highest BCUT2D eigenvalue weighted by Crippen LogP contribution is 2.36. The Labute approximate surface area is 236 Å². The zero-order valence-electron chi connectivity index (χ0n) is 22.4. The lowest BCUT2D eigenvalue weighted by molar-refractivity contribution is 0.0300. The molecular weight excluding hydrogens is 523 g/mol. The number of halogens is 1. The fourth-order valence-corrected chi connectivity index (χ4v) is 5.56. The van der Waals surface area contributed by atoms with Crippen LogP contribution in [0.4, 0.5) is 4.39 Å². The van der Waals surface area contributed by atoms with Crippen molar-refractivity contribution < 1.29 is 28.6 Å². The lowest BCUT2D eigenvalue weighted by Crippen LogP contribution is -2.41. The number of carboxylic acids is 1. The number of ether oxygens (including phenoxy) is 2. The molecule has 2 heterocycles. The number of nitrogens with zero attached hydrogens (tertiary/aromatic N) is 2. The van der Waals surface area contributed by atoms with Crippen LogP contribution in [-0.2, 0) is 11.3 Å². The Bertz CT molecular complexity index is 1750. The van der Waals surface area contributed by atoms with E-state index in [-0.39, 0.29) is 11.3 Å². The van der Waals surface area contributed by atoms with E-state index in [0.29, 0.717) is 57.0 Å². The number of fused-ring (bicyclic) bond motifs is 2. The maximum atomic E-state index is 14.9. The van der Waals surface area contributed by atoms with Crippen molar-refractivity contribution in [3.8, 4) is 16.9 Å². The molecule has 0 spiro atoms. The van der Waals surface area contributed by atoms with Crippen molar-refractivity contribution in [1.29, 1.82) is 0 Å². The fourth-order valence-electron chi connectivity index (χ4n) is 5.56. The molecule has 1 saturated heterocycles. The van der Waals surface area contributed by atoms with Crippen molar-refractivity contribution in [1.82, 2.24) is 9.47 Å². The fraction of sp³-hybridized carbons (Fsp3) is 0.212. The van der Waals surface area contributed by atoms with Crippen LogP contribution in [0.25, 0.3) is 32.8 Å². The van der Waals surface area contributed by atoms with Gasteiger partial charge in [0.1, 0.15) is 17.3 Å². The number of hydrogen-bond acceptors (Lipinski definition) is 4. The van der Waals surface area contributed by atoms with Crippen LogP contribution in [0.15, 0.2) is 84.9 Å². The van der Waals surface area contributed by atoms with Crippen LogP contribution in [0.1, 0.15) is 27.3 Å². The Morgan fingerprint density at radius 1 is 0.902 bits per heavy atom. The van der Waals surface area contributed by atoms with E-state index >= 15 is 0 Å². The molecule has 208 valence electrons. The first-order valence-electron chi connectivity index (χ1n) is 13.6. The van der Waals surface area contributed by atoms with E-state index in [1.54, 1.807) is 9.47 Å². The number of carboxylic acid groups (broad SMARTS) is 1. The molecule has 1 amide bonds. The molecule has 1 N–H and O–H groups in total. The first-order valence-corrected chi connectivity index (χ1v) is 13.6. The summed E-state index contributed by atoms with van der Waals surface area (Å²) in [5.74, 6) is -1.39. The van der Waals surface area contributed by atoms with Crippen molar-refractivity contribution in [2.45, 2.75) is 13.0 Å². The van der Waals surface area contributed by atoms with E-state index < -0.39 is 17.7 Å². The molecule has 1 aliphatic heterocycles. The van der Waals surface area contributed by atoms with Gasteiger partial charge >= 0.3 is 5.97 Å². The summed E-state index contributed by atoms with van der Waals surface area (Å²) in [7, 11) is 0. The third-order valence-electron chi connectivity index (χ3n) is 7.49. The molecule has 0 radical (unpaired) electrons. The molecule has 8 heteroatoms. The largest absolute Gasteiger partial charge is 0.493 e. The highest BCUT2D eigenvalue weighted by Gasteiger charge is 2.26. The number of rotatable bonds is 8. The molecule has 1 aromatic heterocycles. The van der Waals surface area contributed by atoms with E-state index in [2.05, 4.69) is 0 Å². The van der Waals surface area contributed by atoms with Gasteiger partial charge in [0.05, 0.1) is 25.4 Å². The summed E-state index contributed by atoms with van der Waals surface area (Å²) in [5.41, 5.74) is 1.69. The zero-order valence-corrected chi connectivity index (χ0v) is 22.4. The van der Waals surface area contributed by atoms with E-state index in [1.807, 2.05) is 66.7 Å². The van der Waals surface area contributed by atoms with E-state index in [9.17, 15) is 19.1 Å². The Kier molecular flexibility index (Phi) is 7.39. The number of aromatic nitrogens is 1. The molecule has 0 bridgehead atoms. The van der Waals surface area contributed by atoms with Crippen LogP contribution >= 0.6 is 0 Å². The Hall–Kier alpha value is -4.69. The van der Waals surface area contributed by atoms with Gasteiger partial charge in [0.25, 0.3) is 5.91 Å². The van der Waals surface area contributed by atoms with Crippen molar-refractivity contribution in [3.05, 3.63) is 102 Å². The van der Waals surface area contributed by atoms with Gasteiger partial charge in [0.2, 0.25) is 0 Å². The third kappa shape index (κ3) is 5.14. The van der Waals surface area contributed by atoms with Gasteiger partial charge in [-0.2, -0.15) is 0 Å². The minimum atomic E-state index is -1.10. The minimum absolute atomic E-state index is 0.0824. The summed E-state index contributed by atoms with van der Waals surface area (Å²) in [6, 6.07) is 25.6. The number of hydrogen-bond donors (Lipinski definition) is 1. The van der Waals surface area contributed by atoms with Crippen molar-refractivity contribution in [3.63, 3.8) is 0 Å². The number of benzene rings is 4. The summed E-state index contributed by atoms with van der Waals surface area (Å²) in [6.45, 7) is 2.34. The molecule has 7 nitrogen and oxygen atoms in total. The van der Waals surface area contributed by atoms with Crippen LogP contribution in [0.3, 0.4) is 0 Å². The molecule has 0 aliphatic carbocycles. The Balaban J connectivity index is 1.32. The van der Waals surface area contributed by atoms with E-state index in [0.717, 1.165) is 27.4 Å². The van der Waals surface area contributed by atoms with Crippen LogP contribution in [-0.4, -0.2) is 59.4 Å². The lowest BCUT2D eigenvalue weighted by Gasteiger charge is -2.27. The van der Waals surface area contributed by atoms with Crippen molar-refractivity contribution in [2.24, 2.45) is 0 Å². The second-order valence-electron chi connectivity index (χ2n) is 9.98. The second-order valence-corrected chi connectivity index (χ2v) is 9.98. The minimum Gasteiger partial charge on any atom is -0.493 e. The second kappa shape index (κ2) is 11.4. The number of aromatic carboxylic acids is 1. The molecule has 1 fully saturated rings. The van der Waals surface area contributed by atoms with Crippen LogP contribution in [0, 0.1) is 5.82 Å². The molecule has 1 aliphatic rings. The van der Waals surface area contributed by atoms with Gasteiger partial charge in [-0.1, -0.05) is 60.7 Å². The van der Waals surface area contributed by atoms with Gasteiger partial charge in [0.15, 0.2) is 0 Å². The molecule has 5 aromatic rings. The summed E-state index contributed by atoms with van der Waals surface area (Å²) in [4.78, 5) is 27.4. The molecule has 0 unspecified atom stereocenters. The van der Waals surface area contributed by atoms with Crippen molar-refractivity contribution in [2.75, 3.05) is 32.9 Å². The molecule has 6 rings (SSSR count). The predicted molar refractivity (Wildman–Crippen MR) is 155 cm³/mol. The van der Waals surface area contributed by atoms with Crippen molar-refractivity contribution >= 4 is 33.6 Å². The number of carbonyl (C=O) groups is 2. The van der Waals surface area contributed by atoms with E-state index in [1.165, 1.54) is 18.2 Å². The molecule has 0 atom stereocenters. The monoisotopic (exact) mass is 552 g/mol. The molecular formula is C33H29FN2O5. The number of para-hydroxylation sites is 1. The van der Waals surface area contributed by atoms with Crippen LogP contribution in [0.5, 0.6) is 5.75 Å². The third-order valence-corrected chi connectivity index (χ3v) is 7.49. The summed E-state index contributed by atoms with van der Waals surface area (Å²) >= 11 is 0. The zero-order chi connectivity index (χ0) is 28.3. The van der Waals surface area contributed by atoms with Crippen LogP contribution in [0.2, 0.25) is 0 Å². The summed E-state index contributed by atoms with van der Waals surface area (Å²) in [5, 5.41) is 13.2. The van der Waals surface area contributed by atoms with E-state index in [4.69, 9.17) is 9.47 Å². The average molecular weight is 553 g/mol. The normalized spacial score (nSPS) is 13.5. The molecule has 4 aromatic carbocycles. The van der Waals surface area contributed by atoms with Gasteiger partial charge < -0.3 is 24.0 Å². The topological polar surface area (TPSA) is 81.0 Å². The van der Waals surface area contributed by atoms with Gasteiger partial charge in [-0.25, -0.2) is 9.18 Å². The number of aryl methyl sites for hydroxylation is 1. The van der Waals surface area contributed by atoms with Gasteiger partial charge in [-0.05, 0) is 41.6 Å². The maximum absolute atomic E-state index is 14.9. The quantitative estimate of drug-likeness (QED) is 0.231. The number of amides is 1.